The van der Waals surface area contributed by atoms with Crippen LogP contribution in [0.15, 0.2) is 0 Å². The molecule has 0 aliphatic rings. The molecule has 0 amide bonds. The third-order valence-electron chi connectivity index (χ3n) is 1.17. The molecule has 0 aliphatic carbocycles. The molecule has 0 bridgehead atoms. The van der Waals surface area contributed by atoms with E-state index >= 15 is 0 Å². The van der Waals surface area contributed by atoms with Gasteiger partial charge in [0.15, 0.2) is 0 Å². The quantitative estimate of drug-likeness (QED) is 0.116. The number of nitrogens with two attached hydrogens (primary N) is 7. The summed E-state index contributed by atoms with van der Waals surface area (Å²) in [6.07, 6.45) is 0. The van der Waals surface area contributed by atoms with Crippen molar-refractivity contribution in [2.45, 2.75) is 0 Å². The summed E-state index contributed by atoms with van der Waals surface area (Å²) < 4.78 is 0. The number of hydrogen-bond acceptors (Lipinski definition) is 21. The Morgan fingerprint density at radius 3 is 0.300 bits per heavy atom. The maximum atomic E-state index is 9.13. The summed E-state index contributed by atoms with van der Waals surface area (Å²) in [4.78, 5) is 63.9. The van der Waals surface area contributed by atoms with E-state index in [-0.39, 0.29) is 269 Å². The molecule has 0 heterocycles. The van der Waals surface area contributed by atoms with Gasteiger partial charge in [-0.25, -0.2) is 0 Å². The molecule has 50 heavy (non-hydrogen) atoms. The van der Waals surface area contributed by atoms with Crippen LogP contribution in [0.2, 0.25) is 0 Å². The molecule has 0 fully saturated rings. The van der Waals surface area contributed by atoms with Crippen molar-refractivity contribution in [1.82, 2.24) is 0 Å². The zero-order valence-corrected chi connectivity index (χ0v) is 40.4. The molecule has 0 rings (SSSR count). The largest absolute Gasteiger partial charge is 4.00 e. The first-order chi connectivity index (χ1) is 15.9. The van der Waals surface area contributed by atoms with Gasteiger partial charge in [0.05, 0.1) is 41.8 Å². The summed E-state index contributed by atoms with van der Waals surface area (Å²) in [7, 11) is 0. The molecule has 0 aliphatic heterocycles. The Morgan fingerprint density at radius 1 is 0.280 bits per heavy atom. The van der Waals surface area contributed by atoms with Crippen molar-refractivity contribution in [3.63, 3.8) is 0 Å². The van der Waals surface area contributed by atoms with Gasteiger partial charge < -0.3 is 196 Å². The van der Waals surface area contributed by atoms with E-state index in [4.69, 9.17) is 69.3 Å². The Labute approximate surface area is 416 Å². The molecule has 0 unspecified atom stereocenters. The minimum atomic E-state index is -1.22. The second-order valence-electron chi connectivity index (χ2n) is 4.03. The molecular weight excluding hydrogens is 1120 g/mol. The second-order valence-corrected chi connectivity index (χ2v) is 4.03. The van der Waals surface area contributed by atoms with Crippen LogP contribution in [-0.2, 0) is 86.0 Å². The van der Waals surface area contributed by atoms with Gasteiger partial charge in [-0.15, -0.1) is 49.6 Å². The number of rotatable bonds is 7. The molecule has 0 atom stereocenters. The van der Waals surface area contributed by atoms with Gasteiger partial charge in [0.25, 0.3) is 0 Å². The Bertz CT molecular complexity index is 499. The van der Waals surface area contributed by atoms with E-state index in [2.05, 4.69) is 40.1 Å². The van der Waals surface area contributed by atoms with Gasteiger partial charge in [-0.05, 0) is 0 Å². The minimum Gasteiger partial charge on any atom is -1.00 e. The number of hydrogen-bond donors (Lipinski definition) is 7. The van der Waals surface area contributed by atoms with Crippen LogP contribution < -0.4 is 163 Å². The van der Waals surface area contributed by atoms with E-state index in [9.17, 15) is 0 Å². The van der Waals surface area contributed by atoms with Crippen LogP contribution in [0, 0.1) is 0 Å². The predicted molar refractivity (Wildman–Crippen MR) is 139 cm³/mol. The zero-order valence-electron chi connectivity index (χ0n) is 24.6. The minimum absolute atomic E-state index is 0. The van der Waals surface area contributed by atoms with Crippen LogP contribution in [-0.4, -0.2) is 122 Å². The zero-order chi connectivity index (χ0) is 30.0. The first-order valence-corrected chi connectivity index (χ1v) is 8.19. The second kappa shape index (κ2) is 142. The maximum absolute atomic E-state index is 9.13. The molecular formula is C14H32Al2Cl11N7O14Zr2. The monoisotopic (exact) mass is 1140 g/mol. The van der Waals surface area contributed by atoms with Gasteiger partial charge >= 0.3 is 87.1 Å². The number of halogens is 11. The number of aliphatic carboxylic acids is 7. The van der Waals surface area contributed by atoms with Crippen LogP contribution in [0.1, 0.15) is 0 Å². The van der Waals surface area contributed by atoms with Gasteiger partial charge in [-0.3, -0.25) is 0 Å². The van der Waals surface area contributed by atoms with E-state index in [0.29, 0.717) is 0 Å². The third kappa shape index (κ3) is 468. The van der Waals surface area contributed by atoms with Gasteiger partial charge in [0.2, 0.25) is 0 Å². The van der Waals surface area contributed by atoms with Gasteiger partial charge in [-0.1, -0.05) is 0 Å². The Hall–Kier alpha value is 2.03. The third-order valence-corrected chi connectivity index (χ3v) is 1.17. The Kier molecular flexibility index (Phi) is 426. The fourth-order valence-corrected chi connectivity index (χ4v) is 0. The summed E-state index contributed by atoms with van der Waals surface area (Å²) in [5.41, 5.74) is 31.6. The van der Waals surface area contributed by atoms with Crippen molar-refractivity contribution >= 4 is 126 Å². The number of carboxylic acids is 7. The van der Waals surface area contributed by atoms with Crippen LogP contribution in [0.4, 0.5) is 0 Å². The predicted octanol–water partition coefficient (Wildman–Crippen LogP) is -36.2. The summed E-state index contributed by atoms with van der Waals surface area (Å²) in [6.45, 7) is -2.72. The van der Waals surface area contributed by atoms with E-state index in [1.807, 2.05) is 0 Å². The van der Waals surface area contributed by atoms with Crippen LogP contribution in [0.25, 0.3) is 0 Å². The molecule has 36 heteroatoms. The van der Waals surface area contributed by atoms with Gasteiger partial charge in [0, 0.05) is 45.8 Å². The molecule has 0 aromatic carbocycles. The molecule has 0 aromatic heterocycles. The van der Waals surface area contributed by atoms with E-state index in [1.54, 1.807) is 0 Å². The summed E-state index contributed by atoms with van der Waals surface area (Å²) >= 11 is 0. The Balaban J connectivity index is -0.00000000871. The summed E-state index contributed by atoms with van der Waals surface area (Å²) in [5, 5.41) is 63.9. The SMILES string of the molecule is Cl.Cl.Cl.Cl.NCC(=O)[O-].NCC(=O)[O-].NCC(=O)[O-].NCC(=O)[O-].NCC(=O)[O-].NCC(=O)[O-].NCC(=O)[O-].[Al+3].[Al+3].[Cl-].[Cl-].[Cl-].[Cl-].[Cl-].[Cl-].[Cl-].[Zr+4].[Zr+4]. The van der Waals surface area contributed by atoms with Crippen molar-refractivity contribution in [1.29, 1.82) is 0 Å². The Morgan fingerprint density at radius 2 is 0.300 bits per heavy atom. The molecule has 0 saturated carbocycles. The van der Waals surface area contributed by atoms with Crippen molar-refractivity contribution in [2.75, 3.05) is 45.8 Å². The topological polar surface area (TPSA) is 463 Å². The summed E-state index contributed by atoms with van der Waals surface area (Å²) in [5.74, 6) is -8.52. The van der Waals surface area contributed by atoms with E-state index in [1.165, 1.54) is 0 Å². The standard InChI is InChI=1S/7C2H5NO2.2Al.11ClH.2Zr/c7*3-1-2(4)5;;;;;;;;;;;;;;;/h7*1,3H2,(H,4,5);;;11*1H;;/q;;;;;;;2*+3;;;;;;;;;;;;2*+4/p-14. The molecule has 14 N–H and O–H groups in total. The van der Waals surface area contributed by atoms with Gasteiger partial charge in [0.1, 0.15) is 0 Å². The smallest absolute Gasteiger partial charge is 1.00 e. The first kappa shape index (κ1) is 150. The molecule has 0 saturated heterocycles. The van der Waals surface area contributed by atoms with Crippen LogP contribution in [0.3, 0.4) is 0 Å². The summed E-state index contributed by atoms with van der Waals surface area (Å²) in [6, 6.07) is 0. The maximum Gasteiger partial charge on any atom is 4.00 e. The molecule has 0 spiro atoms. The van der Waals surface area contributed by atoms with Crippen molar-refractivity contribution < 1.29 is 209 Å². The molecule has 0 radical (unpaired) electrons. The van der Waals surface area contributed by atoms with E-state index < -0.39 is 41.8 Å². The fourth-order valence-electron chi connectivity index (χ4n) is 0. The van der Waals surface area contributed by atoms with Crippen LogP contribution in [0.5, 0.6) is 0 Å². The number of carbonyl (C=O) groups excluding carboxylic acids is 7. The van der Waals surface area contributed by atoms with Crippen molar-refractivity contribution in [3.8, 4) is 0 Å². The number of carbonyl (C=O) groups is 7. The average molecular weight is 1150 g/mol. The van der Waals surface area contributed by atoms with Crippen LogP contribution >= 0.6 is 49.6 Å². The first-order valence-electron chi connectivity index (χ1n) is 8.19. The average Bonchev–Trinajstić information content (AvgIpc) is 2.80. The van der Waals surface area contributed by atoms with Gasteiger partial charge in [-0.2, -0.15) is 0 Å². The molecule has 298 valence electrons. The number of carboxylic acid groups (broad SMARTS) is 7. The van der Waals surface area contributed by atoms with Crippen molar-refractivity contribution in [2.24, 2.45) is 40.1 Å². The van der Waals surface area contributed by atoms with Crippen molar-refractivity contribution in [3.05, 3.63) is 0 Å². The fraction of sp³-hybridized carbons (Fsp3) is 0.500. The normalized spacial score (nSPS) is 5.18. The molecule has 0 aromatic rings. The van der Waals surface area contributed by atoms with E-state index in [0.717, 1.165) is 0 Å². The molecule has 21 nitrogen and oxygen atoms in total.